The summed E-state index contributed by atoms with van der Waals surface area (Å²) in [6, 6.07) is 0. The highest BCUT2D eigenvalue weighted by atomic mass is 127. The number of aliphatic hydroxyl groups excluding tert-OH is 1. The first-order chi connectivity index (χ1) is 24.7. The van der Waals surface area contributed by atoms with Crippen molar-refractivity contribution in [2.45, 2.75) is 207 Å². The summed E-state index contributed by atoms with van der Waals surface area (Å²) < 4.78 is 20.7. The molecule has 0 saturated carbocycles. The first kappa shape index (κ1) is 54.9. The molecule has 55 heavy (non-hydrogen) atoms. The van der Waals surface area contributed by atoms with Gasteiger partial charge in [-0.1, -0.05) is 193 Å². The first-order valence-electron chi connectivity index (χ1n) is 21.5. The molecule has 0 aliphatic heterocycles. The zero-order chi connectivity index (χ0) is 43.4. The Morgan fingerprint density at radius 1 is 0.691 bits per heavy atom. The van der Waals surface area contributed by atoms with Gasteiger partial charge in [-0.3, -0.25) is 0 Å². The van der Waals surface area contributed by atoms with Gasteiger partial charge in [0.1, 0.15) is 0 Å². The molecule has 0 radical (unpaired) electrons. The van der Waals surface area contributed by atoms with Crippen LogP contribution < -0.4 is 0 Å². The summed E-state index contributed by atoms with van der Waals surface area (Å²) >= 11 is 2.57. The lowest BCUT2D eigenvalue weighted by Gasteiger charge is -2.44. The Balaban J connectivity index is 5.93. The number of alkyl halides is 1. The van der Waals surface area contributed by atoms with E-state index in [2.05, 4.69) is 221 Å². The minimum atomic E-state index is -1.98. The van der Waals surface area contributed by atoms with Gasteiger partial charge < -0.3 is 18.4 Å². The highest BCUT2D eigenvalue weighted by Gasteiger charge is 2.43. The third-order valence-corrected chi connectivity index (χ3v) is 28.2. The Hall–Kier alpha value is -0.0794. The monoisotopic (exact) mass is 931 g/mol. The maximum Gasteiger partial charge on any atom is 0.192 e. The zero-order valence-electron chi connectivity index (χ0n) is 40.1. The normalized spacial score (nSPS) is 19.6. The standard InChI is InChI=1S/C47H91IO4Si3/c1-23-36(4)44(52-55(21,22)47(14,15)16)39(7)43(49)38(6)33-35(3)28-31-42(48)37(5)34-40(24-2)29-30-41(51-54(19,20)46(11,12)13)27-25-26-32-50-53(17,18)45(8,9)10/h25-26,28-31,33-34,36-39,41-44,49H,23-24,27,32H2,1-22H3/b26-25-,30-29+,31-28+,35-33+,40-34-/t36-,37+,38+,39+,41+,42?,43+,44+/m0/s1. The van der Waals surface area contributed by atoms with Gasteiger partial charge in [0, 0.05) is 15.8 Å². The van der Waals surface area contributed by atoms with Gasteiger partial charge in [0.2, 0.25) is 0 Å². The van der Waals surface area contributed by atoms with Crippen LogP contribution in [0.2, 0.25) is 54.4 Å². The lowest BCUT2D eigenvalue weighted by Crippen LogP contribution is -2.49. The number of allylic oxidation sites excluding steroid dienone is 6. The second kappa shape index (κ2) is 23.1. The molecule has 0 aromatic carbocycles. The molecular weight excluding hydrogens is 840 g/mol. The smallest absolute Gasteiger partial charge is 0.192 e. The van der Waals surface area contributed by atoms with E-state index in [1.54, 1.807) is 0 Å². The largest absolute Gasteiger partial charge is 0.413 e. The van der Waals surface area contributed by atoms with Gasteiger partial charge in [-0.25, -0.2) is 0 Å². The van der Waals surface area contributed by atoms with Crippen molar-refractivity contribution in [2.75, 3.05) is 6.61 Å². The second-order valence-electron chi connectivity index (χ2n) is 21.2. The third-order valence-electron chi connectivity index (χ3n) is 13.2. The van der Waals surface area contributed by atoms with Crippen LogP contribution in [-0.4, -0.2) is 58.9 Å². The van der Waals surface area contributed by atoms with Crippen LogP contribution in [-0.2, 0) is 13.3 Å². The summed E-state index contributed by atoms with van der Waals surface area (Å²) in [5.41, 5.74) is 2.52. The lowest BCUT2D eigenvalue weighted by molar-refractivity contribution is -0.0141. The Morgan fingerprint density at radius 3 is 1.67 bits per heavy atom. The van der Waals surface area contributed by atoms with Crippen LogP contribution in [0, 0.1) is 23.7 Å². The first-order valence-corrected chi connectivity index (χ1v) is 31.4. The van der Waals surface area contributed by atoms with E-state index in [0.29, 0.717) is 22.4 Å². The van der Waals surface area contributed by atoms with Crippen molar-refractivity contribution in [3.05, 3.63) is 59.8 Å². The van der Waals surface area contributed by atoms with E-state index in [0.717, 1.165) is 19.3 Å². The van der Waals surface area contributed by atoms with Crippen molar-refractivity contribution in [3.8, 4) is 0 Å². The molecule has 1 unspecified atom stereocenters. The van der Waals surface area contributed by atoms with E-state index < -0.39 is 31.1 Å². The minimum absolute atomic E-state index is 0.0251. The molecule has 322 valence electrons. The summed E-state index contributed by atoms with van der Waals surface area (Å²) in [7, 11) is -5.72. The highest BCUT2D eigenvalue weighted by molar-refractivity contribution is 14.1. The highest BCUT2D eigenvalue weighted by Crippen LogP contribution is 2.41. The van der Waals surface area contributed by atoms with E-state index in [4.69, 9.17) is 13.3 Å². The molecule has 0 fully saturated rings. The third kappa shape index (κ3) is 18.8. The van der Waals surface area contributed by atoms with E-state index >= 15 is 0 Å². The fourth-order valence-corrected chi connectivity index (χ4v) is 9.72. The van der Waals surface area contributed by atoms with Crippen LogP contribution >= 0.6 is 22.6 Å². The van der Waals surface area contributed by atoms with Gasteiger partial charge in [-0.05, 0) is 86.0 Å². The number of halogens is 1. The van der Waals surface area contributed by atoms with Gasteiger partial charge in [0.15, 0.2) is 25.0 Å². The molecule has 0 aliphatic rings. The molecule has 0 bridgehead atoms. The van der Waals surface area contributed by atoms with E-state index in [1.165, 1.54) is 11.1 Å². The van der Waals surface area contributed by atoms with Gasteiger partial charge in [-0.2, -0.15) is 0 Å². The summed E-state index contributed by atoms with van der Waals surface area (Å²) in [6.45, 7) is 50.8. The number of hydrogen-bond donors (Lipinski definition) is 1. The van der Waals surface area contributed by atoms with Crippen LogP contribution in [0.3, 0.4) is 0 Å². The molecule has 8 atom stereocenters. The van der Waals surface area contributed by atoms with Gasteiger partial charge in [-0.15, -0.1) is 0 Å². The van der Waals surface area contributed by atoms with Crippen molar-refractivity contribution in [2.24, 2.45) is 23.7 Å². The fourth-order valence-electron chi connectivity index (χ4n) is 5.60. The van der Waals surface area contributed by atoms with Crippen molar-refractivity contribution in [3.63, 3.8) is 0 Å². The van der Waals surface area contributed by atoms with Gasteiger partial charge in [0.05, 0.1) is 24.9 Å². The van der Waals surface area contributed by atoms with Crippen LogP contribution in [0.4, 0.5) is 0 Å². The van der Waals surface area contributed by atoms with Crippen molar-refractivity contribution >= 4 is 47.5 Å². The minimum Gasteiger partial charge on any atom is -0.413 e. The maximum atomic E-state index is 11.6. The molecular formula is C47H91IO4Si3. The molecule has 1 N–H and O–H groups in total. The lowest BCUT2D eigenvalue weighted by atomic mass is 9.83. The molecule has 8 heteroatoms. The van der Waals surface area contributed by atoms with Crippen LogP contribution in [0.1, 0.15) is 130 Å². The molecule has 0 rings (SSSR count). The van der Waals surface area contributed by atoms with Gasteiger partial charge >= 0.3 is 0 Å². The zero-order valence-corrected chi connectivity index (χ0v) is 45.3. The van der Waals surface area contributed by atoms with Crippen molar-refractivity contribution < 1.29 is 18.4 Å². The van der Waals surface area contributed by atoms with Crippen LogP contribution in [0.5, 0.6) is 0 Å². The fraction of sp³-hybridized carbons (Fsp3) is 0.787. The predicted molar refractivity (Wildman–Crippen MR) is 262 cm³/mol. The predicted octanol–water partition coefficient (Wildman–Crippen LogP) is 15.2. The number of rotatable bonds is 22. The van der Waals surface area contributed by atoms with E-state index in [9.17, 15) is 5.11 Å². The average Bonchev–Trinajstić information content (AvgIpc) is 3.04. The number of hydrogen-bond acceptors (Lipinski definition) is 4. The molecule has 0 aliphatic carbocycles. The molecule has 0 aromatic rings. The number of aliphatic hydroxyl groups is 1. The summed E-state index contributed by atoms with van der Waals surface area (Å²) in [5, 5.41) is 12.1. The summed E-state index contributed by atoms with van der Waals surface area (Å²) in [6.07, 6.45) is 20.7. The SMILES string of the molecule is CCC(=C/[C@@H](C)C(I)/C=C/C(C)=C/[C@@H](C)[C@@H](O)[C@@H](C)[C@H](O[Si](C)(C)C(C)(C)C)[C@@H](C)CC)/C=C/[C@@H](C/C=C\CO[Si](C)(C)C(C)(C)C)O[Si](C)(C)C(C)(C)C. The van der Waals surface area contributed by atoms with Crippen LogP contribution in [0.25, 0.3) is 0 Å². The Kier molecular flexibility index (Phi) is 23.0. The quantitative estimate of drug-likeness (QED) is 0.0386. The molecule has 0 aromatic heterocycles. The molecule has 0 spiro atoms. The molecule has 0 heterocycles. The Labute approximate surface area is 360 Å². The van der Waals surface area contributed by atoms with Crippen molar-refractivity contribution in [1.29, 1.82) is 0 Å². The molecule has 0 saturated heterocycles. The molecule has 0 amide bonds. The summed E-state index contributed by atoms with van der Waals surface area (Å²) in [5.74, 6) is 0.817. The van der Waals surface area contributed by atoms with Crippen molar-refractivity contribution in [1.82, 2.24) is 0 Å². The summed E-state index contributed by atoms with van der Waals surface area (Å²) in [4.78, 5) is 0. The van der Waals surface area contributed by atoms with Crippen LogP contribution in [0.15, 0.2) is 59.8 Å². The van der Waals surface area contributed by atoms with E-state index in [-0.39, 0.29) is 39.2 Å². The Morgan fingerprint density at radius 2 is 1.20 bits per heavy atom. The molecule has 4 nitrogen and oxygen atoms in total. The topological polar surface area (TPSA) is 47.9 Å². The second-order valence-corrected chi connectivity index (χ2v) is 36.9. The maximum absolute atomic E-state index is 11.6. The average molecular weight is 931 g/mol. The van der Waals surface area contributed by atoms with Gasteiger partial charge in [0.25, 0.3) is 0 Å². The Bertz CT molecular complexity index is 1280. The van der Waals surface area contributed by atoms with E-state index in [1.807, 2.05) is 0 Å².